The highest BCUT2D eigenvalue weighted by atomic mass is 16.4. The van der Waals surface area contributed by atoms with E-state index in [9.17, 15) is 4.79 Å². The molecule has 0 amide bonds. The maximum Gasteiger partial charge on any atom is 0.509 e. The molecule has 0 bridgehead atoms. The van der Waals surface area contributed by atoms with Gasteiger partial charge in [0.2, 0.25) is 4.91 Å². The SMILES string of the molecule is [N-]=[N+]=Nc1cccc[n+]1C(=O)O. The molecule has 0 unspecified atom stereocenters. The van der Waals surface area contributed by atoms with Crippen LogP contribution in [-0.4, -0.2) is 11.2 Å². The average Bonchev–Trinajstić information content (AvgIpc) is 2.05. The van der Waals surface area contributed by atoms with Gasteiger partial charge in [0.05, 0.1) is 0 Å². The first-order valence-corrected chi connectivity index (χ1v) is 3.05. The molecule has 0 saturated carbocycles. The normalized spacial score (nSPS) is 8.67. The third kappa shape index (κ3) is 1.50. The highest BCUT2D eigenvalue weighted by Crippen LogP contribution is 2.02. The molecule has 6 nitrogen and oxygen atoms in total. The lowest BCUT2D eigenvalue weighted by atomic mass is 10.4. The summed E-state index contributed by atoms with van der Waals surface area (Å²) in [5, 5.41) is 11.8. The van der Waals surface area contributed by atoms with E-state index in [0.29, 0.717) is 0 Å². The number of nitrogens with zero attached hydrogens (tertiary/aromatic N) is 4. The van der Waals surface area contributed by atoms with E-state index < -0.39 is 6.09 Å². The lowest BCUT2D eigenvalue weighted by Gasteiger charge is -1.87. The Morgan fingerprint density at radius 2 is 2.42 bits per heavy atom. The predicted molar refractivity (Wildman–Crippen MR) is 38.9 cm³/mol. The van der Waals surface area contributed by atoms with Gasteiger partial charge in [0, 0.05) is 11.6 Å². The Morgan fingerprint density at radius 1 is 1.67 bits per heavy atom. The van der Waals surface area contributed by atoms with Crippen molar-refractivity contribution < 1.29 is 14.5 Å². The second-order valence-electron chi connectivity index (χ2n) is 1.90. The summed E-state index contributed by atoms with van der Waals surface area (Å²) < 4.78 is 0.833. The van der Waals surface area contributed by atoms with E-state index in [0.717, 1.165) is 4.57 Å². The summed E-state index contributed by atoms with van der Waals surface area (Å²) in [7, 11) is 0. The molecule has 12 heavy (non-hydrogen) atoms. The van der Waals surface area contributed by atoms with Crippen molar-refractivity contribution in [3.8, 4) is 0 Å². The van der Waals surface area contributed by atoms with Crippen LogP contribution in [-0.2, 0) is 0 Å². The van der Waals surface area contributed by atoms with Crippen LogP contribution in [0.5, 0.6) is 0 Å². The quantitative estimate of drug-likeness (QED) is 0.295. The molecule has 0 radical (unpaired) electrons. The first-order chi connectivity index (χ1) is 5.75. The van der Waals surface area contributed by atoms with Gasteiger partial charge in [-0.25, -0.2) is 0 Å². The molecular weight excluding hydrogens is 160 g/mol. The number of azide groups is 1. The van der Waals surface area contributed by atoms with Crippen LogP contribution < -0.4 is 4.57 Å². The third-order valence-corrected chi connectivity index (χ3v) is 1.19. The standard InChI is InChI=1S/C6H4N4O2/c7-9-8-5-3-1-2-4-10(5)6(11)12/h1-4H/p+1. The summed E-state index contributed by atoms with van der Waals surface area (Å²) in [6, 6.07) is 4.53. The van der Waals surface area contributed by atoms with Crippen LogP contribution in [0, 0.1) is 0 Å². The first-order valence-electron chi connectivity index (χ1n) is 3.05. The summed E-state index contributed by atoms with van der Waals surface area (Å²) >= 11 is 0. The second kappa shape index (κ2) is 3.36. The number of hydrogen-bond donors (Lipinski definition) is 1. The molecule has 0 fully saturated rings. The molecule has 1 aromatic heterocycles. The van der Waals surface area contributed by atoms with Crippen LogP contribution in [0.2, 0.25) is 0 Å². The Balaban J connectivity index is 3.26. The molecule has 1 rings (SSSR count). The molecule has 0 spiro atoms. The van der Waals surface area contributed by atoms with Crippen molar-refractivity contribution in [2.45, 2.75) is 0 Å². The predicted octanol–water partition coefficient (Wildman–Crippen LogP) is 1.44. The van der Waals surface area contributed by atoms with Crippen LogP contribution in [0.25, 0.3) is 10.4 Å². The molecule has 60 valence electrons. The zero-order valence-electron chi connectivity index (χ0n) is 5.95. The van der Waals surface area contributed by atoms with Crippen molar-refractivity contribution in [1.29, 1.82) is 0 Å². The smallest absolute Gasteiger partial charge is 0.446 e. The van der Waals surface area contributed by atoms with Crippen LogP contribution >= 0.6 is 0 Å². The van der Waals surface area contributed by atoms with E-state index in [1.165, 1.54) is 18.3 Å². The van der Waals surface area contributed by atoms with Crippen molar-refractivity contribution in [3.63, 3.8) is 0 Å². The molecule has 0 saturated heterocycles. The highest BCUT2D eigenvalue weighted by molar-refractivity contribution is 5.55. The fraction of sp³-hybridized carbons (Fsp3) is 0. The number of pyridine rings is 1. The monoisotopic (exact) mass is 165 g/mol. The summed E-state index contributed by atoms with van der Waals surface area (Å²) in [6.07, 6.45) is 0.116. The lowest BCUT2D eigenvalue weighted by molar-refractivity contribution is -0.570. The molecule has 0 aliphatic carbocycles. The van der Waals surface area contributed by atoms with E-state index >= 15 is 0 Å². The Morgan fingerprint density at radius 3 is 3.00 bits per heavy atom. The van der Waals surface area contributed by atoms with E-state index in [2.05, 4.69) is 10.0 Å². The van der Waals surface area contributed by atoms with E-state index in [4.69, 9.17) is 10.6 Å². The summed E-state index contributed by atoms with van der Waals surface area (Å²) in [5.74, 6) is 0.0486. The first kappa shape index (κ1) is 8.03. The molecule has 0 aliphatic heterocycles. The van der Waals surface area contributed by atoms with Gasteiger partial charge >= 0.3 is 17.0 Å². The molecule has 1 heterocycles. The topological polar surface area (TPSA) is 89.9 Å². The Bertz CT molecular complexity index is 335. The summed E-state index contributed by atoms with van der Waals surface area (Å²) in [6.45, 7) is 0. The number of carboxylic acid groups (broad SMARTS) is 1. The van der Waals surface area contributed by atoms with Crippen molar-refractivity contribution in [1.82, 2.24) is 0 Å². The van der Waals surface area contributed by atoms with Gasteiger partial charge in [0.25, 0.3) is 0 Å². The minimum absolute atomic E-state index is 0.0486. The van der Waals surface area contributed by atoms with Gasteiger partial charge < -0.3 is 5.11 Å². The zero-order valence-corrected chi connectivity index (χ0v) is 5.95. The van der Waals surface area contributed by atoms with Crippen LogP contribution in [0.15, 0.2) is 29.5 Å². The molecule has 1 aromatic rings. The largest absolute Gasteiger partial charge is 0.509 e. The van der Waals surface area contributed by atoms with Gasteiger partial charge in [-0.1, -0.05) is 6.07 Å². The Labute approximate surface area is 67.3 Å². The minimum atomic E-state index is -1.18. The van der Waals surface area contributed by atoms with Crippen LogP contribution in [0.1, 0.15) is 0 Å². The number of rotatable bonds is 1. The molecule has 6 heteroatoms. The van der Waals surface area contributed by atoms with Crippen LogP contribution in [0.3, 0.4) is 0 Å². The van der Waals surface area contributed by atoms with Gasteiger partial charge in [-0.15, -0.1) is 4.57 Å². The summed E-state index contributed by atoms with van der Waals surface area (Å²) in [5.41, 5.74) is 8.08. The molecule has 0 aromatic carbocycles. The van der Waals surface area contributed by atoms with Crippen molar-refractivity contribution in [2.75, 3.05) is 0 Å². The molecular formula is C6H5N4O2+. The summed E-state index contributed by atoms with van der Waals surface area (Å²) in [4.78, 5) is 13.0. The fourth-order valence-corrected chi connectivity index (χ4v) is 0.723. The molecule has 0 atom stereocenters. The third-order valence-electron chi connectivity index (χ3n) is 1.19. The average molecular weight is 165 g/mol. The van der Waals surface area contributed by atoms with Gasteiger partial charge in [0.15, 0.2) is 0 Å². The maximum absolute atomic E-state index is 10.5. The Hall–Kier alpha value is -2.07. The number of carbonyl (C=O) groups is 1. The Kier molecular flexibility index (Phi) is 2.25. The number of aromatic nitrogens is 1. The van der Waals surface area contributed by atoms with Gasteiger partial charge in [-0.2, -0.15) is 4.79 Å². The second-order valence-corrected chi connectivity index (χ2v) is 1.90. The van der Waals surface area contributed by atoms with Gasteiger partial charge in [0.1, 0.15) is 6.20 Å². The van der Waals surface area contributed by atoms with Gasteiger partial charge in [-0.05, 0) is 6.07 Å². The van der Waals surface area contributed by atoms with Crippen LogP contribution in [0.4, 0.5) is 10.6 Å². The van der Waals surface area contributed by atoms with Crippen molar-refractivity contribution >= 4 is 11.9 Å². The maximum atomic E-state index is 10.5. The molecule has 0 aliphatic rings. The van der Waals surface area contributed by atoms with E-state index in [-0.39, 0.29) is 5.82 Å². The van der Waals surface area contributed by atoms with Gasteiger partial charge in [-0.3, -0.25) is 0 Å². The zero-order chi connectivity index (χ0) is 8.97. The fourth-order valence-electron chi connectivity index (χ4n) is 0.723. The minimum Gasteiger partial charge on any atom is -0.446 e. The van der Waals surface area contributed by atoms with Crippen molar-refractivity contribution in [3.05, 3.63) is 34.8 Å². The lowest BCUT2D eigenvalue weighted by Crippen LogP contribution is -2.40. The highest BCUT2D eigenvalue weighted by Gasteiger charge is 2.19. The van der Waals surface area contributed by atoms with Crippen molar-refractivity contribution in [2.24, 2.45) is 5.11 Å². The van der Waals surface area contributed by atoms with E-state index in [1.54, 1.807) is 6.07 Å². The number of hydrogen-bond acceptors (Lipinski definition) is 2. The van der Waals surface area contributed by atoms with E-state index in [1.807, 2.05) is 0 Å². The molecule has 1 N–H and O–H groups in total.